The Labute approximate surface area is 117 Å². The van der Waals surface area contributed by atoms with Gasteiger partial charge >= 0.3 is 5.97 Å². The molecule has 0 spiro atoms. The summed E-state index contributed by atoms with van der Waals surface area (Å²) in [5.41, 5.74) is -1.07. The van der Waals surface area contributed by atoms with Gasteiger partial charge < -0.3 is 24.5 Å². The van der Waals surface area contributed by atoms with E-state index in [4.69, 9.17) is 19.7 Å². The van der Waals surface area contributed by atoms with Crippen molar-refractivity contribution in [2.45, 2.75) is 56.0 Å². The number of aliphatic carboxylic acids is 1. The highest BCUT2D eigenvalue weighted by Gasteiger charge is 2.53. The fraction of sp³-hybridized carbons (Fsp3) is 0.714. The largest absolute Gasteiger partial charge is 0.481 e. The summed E-state index contributed by atoms with van der Waals surface area (Å²) in [6, 6.07) is 0. The smallest absolute Gasteiger partial charge is 0.305 e. The van der Waals surface area contributed by atoms with Gasteiger partial charge in [0.05, 0.1) is 25.2 Å². The Morgan fingerprint density at radius 2 is 2.25 bits per heavy atom. The van der Waals surface area contributed by atoms with E-state index in [1.54, 1.807) is 0 Å². The van der Waals surface area contributed by atoms with Crippen LogP contribution in [0.2, 0.25) is 0 Å². The standard InChI is InChI=1S/C14H18O6/c15-6-2-1-3-11-8-14(9-16)12(19-11)5-4-10(20-14)7-13(17)18/h9-12,15H,2,4-8H2,(H,17,18)/t10-,11+,12+,14-/m1/s1. The maximum atomic E-state index is 11.4. The molecule has 0 amide bonds. The predicted molar refractivity (Wildman–Crippen MR) is 67.9 cm³/mol. The van der Waals surface area contributed by atoms with Gasteiger partial charge in [0.15, 0.2) is 11.9 Å². The number of carbonyl (C=O) groups excluding carboxylic acids is 1. The second-order valence-corrected chi connectivity index (χ2v) is 5.10. The van der Waals surface area contributed by atoms with Gasteiger partial charge in [-0.05, 0) is 12.8 Å². The van der Waals surface area contributed by atoms with E-state index >= 15 is 0 Å². The van der Waals surface area contributed by atoms with Gasteiger partial charge in [-0.1, -0.05) is 11.8 Å². The lowest BCUT2D eigenvalue weighted by Gasteiger charge is -2.37. The summed E-state index contributed by atoms with van der Waals surface area (Å²) < 4.78 is 11.4. The van der Waals surface area contributed by atoms with Crippen molar-refractivity contribution >= 4 is 12.3 Å². The molecule has 0 saturated carbocycles. The van der Waals surface area contributed by atoms with Crippen LogP contribution in [0.1, 0.15) is 32.1 Å². The van der Waals surface area contributed by atoms with E-state index in [9.17, 15) is 9.59 Å². The minimum atomic E-state index is -1.07. The maximum Gasteiger partial charge on any atom is 0.305 e. The van der Waals surface area contributed by atoms with Crippen LogP contribution in [0.15, 0.2) is 0 Å². The van der Waals surface area contributed by atoms with E-state index in [1.807, 2.05) is 0 Å². The molecule has 0 unspecified atom stereocenters. The number of hydrogen-bond acceptors (Lipinski definition) is 5. The van der Waals surface area contributed by atoms with E-state index in [0.717, 1.165) is 6.29 Å². The van der Waals surface area contributed by atoms with Crippen LogP contribution in [0.4, 0.5) is 0 Å². The highest BCUT2D eigenvalue weighted by atomic mass is 16.6. The third-order valence-corrected chi connectivity index (χ3v) is 3.62. The molecule has 20 heavy (non-hydrogen) atoms. The first-order valence-corrected chi connectivity index (χ1v) is 6.70. The molecule has 0 aromatic heterocycles. The molecule has 2 saturated heterocycles. The first kappa shape index (κ1) is 15.0. The highest BCUT2D eigenvalue weighted by Crippen LogP contribution is 2.40. The number of aliphatic hydroxyl groups is 1. The molecule has 0 radical (unpaired) electrons. The molecule has 6 heteroatoms. The topological polar surface area (TPSA) is 93.1 Å². The normalized spacial score (nSPS) is 35.8. The van der Waals surface area contributed by atoms with Gasteiger partial charge in [0.2, 0.25) is 0 Å². The minimum absolute atomic E-state index is 0.0147. The van der Waals surface area contributed by atoms with Crippen LogP contribution >= 0.6 is 0 Å². The van der Waals surface area contributed by atoms with Crippen molar-refractivity contribution in [2.75, 3.05) is 6.61 Å². The van der Waals surface area contributed by atoms with Crippen LogP contribution in [0, 0.1) is 11.8 Å². The lowest BCUT2D eigenvalue weighted by molar-refractivity contribution is -0.175. The Balaban J connectivity index is 2.04. The molecule has 2 fully saturated rings. The van der Waals surface area contributed by atoms with Crippen molar-refractivity contribution in [2.24, 2.45) is 0 Å². The predicted octanol–water partition coefficient (Wildman–Crippen LogP) is 0.121. The summed E-state index contributed by atoms with van der Waals surface area (Å²) in [6.45, 7) is -0.0147. The molecule has 4 atom stereocenters. The number of carboxylic acid groups (broad SMARTS) is 1. The molecule has 2 heterocycles. The number of ether oxygens (including phenoxy) is 2. The number of aldehydes is 1. The Bertz CT molecular complexity index is 437. The number of carbonyl (C=O) groups is 2. The van der Waals surface area contributed by atoms with Gasteiger partial charge in [-0.15, -0.1) is 0 Å². The summed E-state index contributed by atoms with van der Waals surface area (Å²) in [7, 11) is 0. The van der Waals surface area contributed by atoms with E-state index in [2.05, 4.69) is 11.8 Å². The monoisotopic (exact) mass is 282 g/mol. The summed E-state index contributed by atoms with van der Waals surface area (Å²) in [6.07, 6.45) is 1.22. The fourth-order valence-corrected chi connectivity index (χ4v) is 2.74. The second kappa shape index (κ2) is 6.35. The summed E-state index contributed by atoms with van der Waals surface area (Å²) >= 11 is 0. The highest BCUT2D eigenvalue weighted by molar-refractivity contribution is 5.68. The van der Waals surface area contributed by atoms with E-state index in [0.29, 0.717) is 25.7 Å². The van der Waals surface area contributed by atoms with Crippen molar-refractivity contribution in [3.8, 4) is 11.8 Å². The number of hydrogen-bond donors (Lipinski definition) is 2. The molecule has 2 aliphatic rings. The lowest BCUT2D eigenvalue weighted by Crippen LogP contribution is -2.50. The van der Waals surface area contributed by atoms with Gasteiger partial charge in [-0.2, -0.15) is 0 Å². The number of fused-ring (bicyclic) bond motifs is 1. The van der Waals surface area contributed by atoms with Crippen molar-refractivity contribution < 1.29 is 29.3 Å². The fourth-order valence-electron chi connectivity index (χ4n) is 2.74. The number of aliphatic hydroxyl groups excluding tert-OH is 1. The molecular weight excluding hydrogens is 264 g/mol. The third-order valence-electron chi connectivity index (χ3n) is 3.62. The van der Waals surface area contributed by atoms with Crippen LogP contribution in [-0.4, -0.2) is 53.0 Å². The molecule has 2 aliphatic heterocycles. The first-order valence-electron chi connectivity index (χ1n) is 6.70. The van der Waals surface area contributed by atoms with Gasteiger partial charge in [-0.25, -0.2) is 0 Å². The van der Waals surface area contributed by atoms with Crippen molar-refractivity contribution in [3.63, 3.8) is 0 Å². The Morgan fingerprint density at radius 1 is 1.45 bits per heavy atom. The molecule has 0 bridgehead atoms. The average Bonchev–Trinajstić information content (AvgIpc) is 2.76. The van der Waals surface area contributed by atoms with E-state index < -0.39 is 23.8 Å². The third kappa shape index (κ3) is 3.18. The Morgan fingerprint density at radius 3 is 2.90 bits per heavy atom. The first-order chi connectivity index (χ1) is 9.59. The zero-order chi connectivity index (χ0) is 14.6. The summed E-state index contributed by atoms with van der Waals surface area (Å²) in [5.74, 6) is 4.71. The van der Waals surface area contributed by atoms with Crippen LogP contribution < -0.4 is 0 Å². The summed E-state index contributed by atoms with van der Waals surface area (Å²) in [4.78, 5) is 22.2. The Hall–Kier alpha value is -1.42. The zero-order valence-electron chi connectivity index (χ0n) is 11.1. The molecule has 6 nitrogen and oxygen atoms in total. The van der Waals surface area contributed by atoms with Crippen LogP contribution in [0.3, 0.4) is 0 Å². The van der Waals surface area contributed by atoms with Crippen molar-refractivity contribution in [3.05, 3.63) is 0 Å². The molecule has 2 rings (SSSR count). The quantitative estimate of drug-likeness (QED) is 0.562. The van der Waals surface area contributed by atoms with Crippen LogP contribution in [-0.2, 0) is 19.1 Å². The zero-order valence-corrected chi connectivity index (χ0v) is 11.1. The van der Waals surface area contributed by atoms with Gasteiger partial charge in [-0.3, -0.25) is 4.79 Å². The Kier molecular flexibility index (Phi) is 4.76. The SMILES string of the molecule is O=C[C@]12C[C@H](C#CCCO)O[C@H]1CC[C@H](CC(=O)O)O2. The molecule has 2 N–H and O–H groups in total. The molecule has 110 valence electrons. The van der Waals surface area contributed by atoms with Crippen molar-refractivity contribution in [1.82, 2.24) is 0 Å². The minimum Gasteiger partial charge on any atom is -0.481 e. The van der Waals surface area contributed by atoms with Crippen LogP contribution in [0.25, 0.3) is 0 Å². The van der Waals surface area contributed by atoms with Gasteiger partial charge in [0, 0.05) is 12.8 Å². The molecule has 0 aromatic rings. The van der Waals surface area contributed by atoms with E-state index in [-0.39, 0.29) is 19.1 Å². The van der Waals surface area contributed by atoms with Crippen LogP contribution in [0.5, 0.6) is 0 Å². The number of rotatable bonds is 4. The molecule has 0 aromatic carbocycles. The van der Waals surface area contributed by atoms with Crippen molar-refractivity contribution in [1.29, 1.82) is 0 Å². The lowest BCUT2D eigenvalue weighted by atomic mass is 9.87. The number of carboxylic acids is 1. The molecule has 0 aliphatic carbocycles. The van der Waals surface area contributed by atoms with Gasteiger partial charge in [0.1, 0.15) is 6.10 Å². The molecular formula is C14H18O6. The second-order valence-electron chi connectivity index (χ2n) is 5.10. The average molecular weight is 282 g/mol. The van der Waals surface area contributed by atoms with Gasteiger partial charge in [0.25, 0.3) is 0 Å². The van der Waals surface area contributed by atoms with E-state index in [1.165, 1.54) is 0 Å². The summed E-state index contributed by atoms with van der Waals surface area (Å²) in [5, 5.41) is 17.5. The maximum absolute atomic E-state index is 11.4.